The summed E-state index contributed by atoms with van der Waals surface area (Å²) in [5.74, 6) is -0.362. The van der Waals surface area contributed by atoms with Crippen molar-refractivity contribution in [2.75, 3.05) is 15.7 Å². The average molecular weight is 401 g/mol. The van der Waals surface area contributed by atoms with Crippen LogP contribution in [0.3, 0.4) is 0 Å². The Morgan fingerprint density at radius 1 is 1.04 bits per heavy atom. The van der Waals surface area contributed by atoms with E-state index in [0.29, 0.717) is 16.8 Å². The molecule has 2 aromatic carbocycles. The van der Waals surface area contributed by atoms with Crippen molar-refractivity contribution in [3.63, 3.8) is 0 Å². The van der Waals surface area contributed by atoms with E-state index in [4.69, 9.17) is 0 Å². The molecule has 8 heteroatoms. The fraction of sp³-hybridized carbons (Fsp3) is 0.300. The number of rotatable bonds is 4. The van der Waals surface area contributed by atoms with E-state index in [2.05, 4.69) is 5.32 Å². The molecule has 2 aromatic rings. The Morgan fingerprint density at radius 2 is 1.64 bits per heavy atom. The number of anilines is 2. The lowest BCUT2D eigenvalue weighted by Crippen LogP contribution is -2.54. The predicted octanol–water partition coefficient (Wildman–Crippen LogP) is 2.96. The zero-order valence-corrected chi connectivity index (χ0v) is 17.1. The number of hydrogen-bond donors (Lipinski definition) is 1. The van der Waals surface area contributed by atoms with Crippen LogP contribution in [0.25, 0.3) is 0 Å². The Morgan fingerprint density at radius 3 is 2.25 bits per heavy atom. The van der Waals surface area contributed by atoms with Gasteiger partial charge in [-0.05, 0) is 51.0 Å². The van der Waals surface area contributed by atoms with Crippen LogP contribution < -0.4 is 14.5 Å². The van der Waals surface area contributed by atoms with Gasteiger partial charge in [-0.15, -0.1) is 0 Å². The Kier molecular flexibility index (Phi) is 5.16. The van der Waals surface area contributed by atoms with Crippen LogP contribution in [-0.4, -0.2) is 32.9 Å². The van der Waals surface area contributed by atoms with Crippen molar-refractivity contribution in [2.45, 2.75) is 38.6 Å². The van der Waals surface area contributed by atoms with Crippen molar-refractivity contribution < 1.29 is 18.0 Å². The number of sulfonamides is 1. The van der Waals surface area contributed by atoms with Gasteiger partial charge in [0.2, 0.25) is 5.91 Å². The number of carbonyl (C=O) groups is 2. The summed E-state index contributed by atoms with van der Waals surface area (Å²) in [7, 11) is -4.11. The molecule has 0 spiro atoms. The molecule has 0 atom stereocenters. The molecular formula is C20H23N3O4S. The number of amides is 3. The predicted molar refractivity (Wildman–Crippen MR) is 108 cm³/mol. The van der Waals surface area contributed by atoms with Gasteiger partial charge in [0.05, 0.1) is 11.4 Å². The summed E-state index contributed by atoms with van der Waals surface area (Å²) in [6.07, 6.45) is 0. The van der Waals surface area contributed by atoms with E-state index >= 15 is 0 Å². The number of nitrogens with zero attached hydrogens (tertiary/aromatic N) is 2. The van der Waals surface area contributed by atoms with Gasteiger partial charge in [0.1, 0.15) is 11.4 Å². The van der Waals surface area contributed by atoms with Gasteiger partial charge in [0, 0.05) is 6.04 Å². The molecule has 0 saturated carbocycles. The topological polar surface area (TPSA) is 86.8 Å². The largest absolute Gasteiger partial charge is 0.352 e. The van der Waals surface area contributed by atoms with Crippen LogP contribution in [0.2, 0.25) is 0 Å². The summed E-state index contributed by atoms with van der Waals surface area (Å²) >= 11 is 0. The summed E-state index contributed by atoms with van der Waals surface area (Å²) in [6, 6.07) is 10.7. The van der Waals surface area contributed by atoms with E-state index in [1.54, 1.807) is 44.2 Å². The highest BCUT2D eigenvalue weighted by Crippen LogP contribution is 2.39. The van der Waals surface area contributed by atoms with E-state index in [1.807, 2.05) is 13.8 Å². The van der Waals surface area contributed by atoms with Gasteiger partial charge in [-0.25, -0.2) is 13.2 Å². The van der Waals surface area contributed by atoms with Crippen molar-refractivity contribution in [1.29, 1.82) is 0 Å². The first-order valence-electron chi connectivity index (χ1n) is 8.96. The number of hydrogen-bond acceptors (Lipinski definition) is 4. The summed E-state index contributed by atoms with van der Waals surface area (Å²) in [4.78, 5) is 26.9. The van der Waals surface area contributed by atoms with Crippen LogP contribution in [0.15, 0.2) is 47.4 Å². The van der Waals surface area contributed by atoms with Gasteiger partial charge in [0.15, 0.2) is 0 Å². The molecule has 0 radical (unpaired) electrons. The molecule has 148 valence electrons. The van der Waals surface area contributed by atoms with Gasteiger partial charge in [-0.2, -0.15) is 4.31 Å². The van der Waals surface area contributed by atoms with Crippen molar-refractivity contribution in [3.8, 4) is 0 Å². The van der Waals surface area contributed by atoms with E-state index < -0.39 is 16.1 Å². The standard InChI is InChI=1S/C20H23N3O4S/c1-13(2)21-18(24)12-22-16-10-5-6-11-17(16)28(26,27)23(20(22)25)19-14(3)8-7-9-15(19)4/h5-11,13H,12H2,1-4H3,(H,21,24). The monoisotopic (exact) mass is 401 g/mol. The number of aryl methyl sites for hydroxylation is 2. The van der Waals surface area contributed by atoms with Crippen LogP contribution >= 0.6 is 0 Å². The van der Waals surface area contributed by atoms with Crippen molar-refractivity contribution >= 4 is 33.3 Å². The first kappa shape index (κ1) is 19.9. The third-order valence-corrected chi connectivity index (χ3v) is 6.19. The highest BCUT2D eigenvalue weighted by Gasteiger charge is 2.44. The molecule has 0 fully saturated rings. The van der Waals surface area contributed by atoms with Crippen LogP contribution in [0.5, 0.6) is 0 Å². The quantitative estimate of drug-likeness (QED) is 0.853. The average Bonchev–Trinajstić information content (AvgIpc) is 2.60. The molecule has 1 N–H and O–H groups in total. The molecular weight excluding hydrogens is 378 g/mol. The van der Waals surface area contributed by atoms with Gasteiger partial charge in [-0.1, -0.05) is 30.3 Å². The van der Waals surface area contributed by atoms with Crippen LogP contribution in [0.1, 0.15) is 25.0 Å². The van der Waals surface area contributed by atoms with Gasteiger partial charge < -0.3 is 5.32 Å². The molecule has 1 heterocycles. The van der Waals surface area contributed by atoms with Gasteiger partial charge in [0.25, 0.3) is 10.0 Å². The molecule has 0 saturated heterocycles. The zero-order chi connectivity index (χ0) is 20.6. The molecule has 1 aliphatic heterocycles. The Labute approximate surface area is 165 Å². The first-order valence-corrected chi connectivity index (χ1v) is 10.4. The Balaban J connectivity index is 2.18. The van der Waals surface area contributed by atoms with E-state index in [-0.39, 0.29) is 29.1 Å². The van der Waals surface area contributed by atoms with E-state index in [9.17, 15) is 18.0 Å². The molecule has 7 nitrogen and oxygen atoms in total. The molecule has 0 bridgehead atoms. The van der Waals surface area contributed by atoms with E-state index in [1.165, 1.54) is 17.0 Å². The maximum absolute atomic E-state index is 13.3. The molecule has 1 aliphatic rings. The SMILES string of the molecule is Cc1cccc(C)c1N1C(=O)N(CC(=O)NC(C)C)c2ccccc2S1(=O)=O. The molecule has 28 heavy (non-hydrogen) atoms. The number of para-hydroxylation sites is 2. The minimum Gasteiger partial charge on any atom is -0.352 e. The second-order valence-corrected chi connectivity index (χ2v) is 8.82. The minimum absolute atomic E-state index is 0.00500. The zero-order valence-electron chi connectivity index (χ0n) is 16.3. The maximum Gasteiger partial charge on any atom is 0.343 e. The summed E-state index contributed by atoms with van der Waals surface area (Å²) in [5.41, 5.74) is 1.83. The summed E-state index contributed by atoms with van der Waals surface area (Å²) < 4.78 is 27.4. The Bertz CT molecular complexity index is 1030. The van der Waals surface area contributed by atoms with Crippen molar-refractivity contribution in [3.05, 3.63) is 53.6 Å². The highest BCUT2D eigenvalue weighted by atomic mass is 32.2. The van der Waals surface area contributed by atoms with Gasteiger partial charge >= 0.3 is 6.03 Å². The van der Waals surface area contributed by atoms with Gasteiger partial charge in [-0.3, -0.25) is 9.69 Å². The molecule has 0 aliphatic carbocycles. The summed E-state index contributed by atoms with van der Waals surface area (Å²) in [5, 5.41) is 2.74. The number of benzene rings is 2. The maximum atomic E-state index is 13.3. The number of carbonyl (C=O) groups excluding carboxylic acids is 2. The normalized spacial score (nSPS) is 15.5. The number of nitrogens with one attached hydrogen (secondary N) is 1. The van der Waals surface area contributed by atoms with Crippen LogP contribution in [0, 0.1) is 13.8 Å². The molecule has 0 aromatic heterocycles. The lowest BCUT2D eigenvalue weighted by Gasteiger charge is -2.37. The lowest BCUT2D eigenvalue weighted by atomic mass is 10.1. The van der Waals surface area contributed by atoms with Crippen molar-refractivity contribution in [2.24, 2.45) is 0 Å². The second kappa shape index (κ2) is 7.27. The molecule has 3 amide bonds. The van der Waals surface area contributed by atoms with Crippen molar-refractivity contribution in [1.82, 2.24) is 5.32 Å². The van der Waals surface area contributed by atoms with Crippen LogP contribution in [-0.2, 0) is 14.8 Å². The second-order valence-electron chi connectivity index (χ2n) is 7.07. The number of urea groups is 1. The fourth-order valence-corrected chi connectivity index (χ4v) is 5.04. The lowest BCUT2D eigenvalue weighted by molar-refractivity contribution is -0.120. The first-order chi connectivity index (χ1) is 13.1. The van der Waals surface area contributed by atoms with Crippen LogP contribution in [0.4, 0.5) is 16.2 Å². The molecule has 3 rings (SSSR count). The number of fused-ring (bicyclic) bond motifs is 1. The third kappa shape index (κ3) is 3.35. The summed E-state index contributed by atoms with van der Waals surface area (Å²) in [6.45, 7) is 6.86. The smallest absolute Gasteiger partial charge is 0.343 e. The third-order valence-electron chi connectivity index (χ3n) is 4.47. The Hall–Kier alpha value is -2.87. The molecule has 0 unspecified atom stereocenters. The van der Waals surface area contributed by atoms with E-state index in [0.717, 1.165) is 4.31 Å². The minimum atomic E-state index is -4.11. The highest BCUT2D eigenvalue weighted by molar-refractivity contribution is 7.94. The fourth-order valence-electron chi connectivity index (χ4n) is 3.32.